The van der Waals surface area contributed by atoms with Gasteiger partial charge in [0.2, 0.25) is 0 Å². The normalized spacial score (nSPS) is 28.2. The first-order valence-electron chi connectivity index (χ1n) is 7.11. The molecule has 1 N–H and O–H groups in total. The monoisotopic (exact) mass is 282 g/mol. The van der Waals surface area contributed by atoms with Crippen LogP contribution in [0, 0.1) is 11.7 Å². The maximum absolute atomic E-state index is 14.3. The highest BCUT2D eigenvalue weighted by Gasteiger charge is 2.39. The molecular formula is C15H20ClFN2. The second-order valence-electron chi connectivity index (χ2n) is 5.89. The van der Waals surface area contributed by atoms with E-state index in [-0.39, 0.29) is 18.2 Å². The van der Waals surface area contributed by atoms with Gasteiger partial charge in [-0.3, -0.25) is 0 Å². The minimum atomic E-state index is 0. The number of nitrogens with one attached hydrogen (secondary N) is 1. The summed E-state index contributed by atoms with van der Waals surface area (Å²) < 4.78 is 14.3. The highest BCUT2D eigenvalue weighted by Crippen LogP contribution is 2.49. The van der Waals surface area contributed by atoms with Gasteiger partial charge in [0.1, 0.15) is 5.82 Å². The van der Waals surface area contributed by atoms with Gasteiger partial charge in [0, 0.05) is 37.4 Å². The molecular weight excluding hydrogens is 263 g/mol. The van der Waals surface area contributed by atoms with E-state index in [2.05, 4.69) is 10.2 Å². The Balaban J connectivity index is 0.00000110. The molecule has 1 aromatic rings. The Morgan fingerprint density at radius 3 is 3.05 bits per heavy atom. The molecule has 0 aromatic heterocycles. The van der Waals surface area contributed by atoms with Gasteiger partial charge in [-0.15, -0.1) is 12.4 Å². The summed E-state index contributed by atoms with van der Waals surface area (Å²) in [4.78, 5) is 2.43. The summed E-state index contributed by atoms with van der Waals surface area (Å²) in [6.45, 7) is 4.05. The number of hydrogen-bond acceptors (Lipinski definition) is 2. The van der Waals surface area contributed by atoms with Gasteiger partial charge in [0.15, 0.2) is 0 Å². The lowest BCUT2D eigenvalue weighted by Gasteiger charge is -2.39. The molecule has 2 atom stereocenters. The predicted octanol–water partition coefficient (Wildman–Crippen LogP) is 3.05. The number of anilines is 1. The van der Waals surface area contributed by atoms with Crippen molar-refractivity contribution in [1.29, 1.82) is 0 Å². The minimum Gasteiger partial charge on any atom is -0.369 e. The van der Waals surface area contributed by atoms with Crippen LogP contribution >= 0.6 is 12.4 Å². The van der Waals surface area contributed by atoms with E-state index < -0.39 is 0 Å². The molecule has 1 aliphatic carbocycles. The quantitative estimate of drug-likeness (QED) is 0.787. The zero-order chi connectivity index (χ0) is 12.1. The van der Waals surface area contributed by atoms with E-state index in [1.54, 1.807) is 6.07 Å². The van der Waals surface area contributed by atoms with Gasteiger partial charge in [-0.2, -0.15) is 0 Å². The number of rotatable bonds is 0. The Labute approximate surface area is 119 Å². The first-order valence-corrected chi connectivity index (χ1v) is 7.11. The SMILES string of the molecule is Cl.Fc1ccc2c3c1C1CCCC1CN3CCNC2. The first-order chi connectivity index (χ1) is 8.84. The Bertz CT molecular complexity index is 491. The van der Waals surface area contributed by atoms with E-state index in [0.717, 1.165) is 31.7 Å². The molecule has 1 fully saturated rings. The number of halogens is 2. The van der Waals surface area contributed by atoms with Crippen LogP contribution in [0.5, 0.6) is 0 Å². The van der Waals surface area contributed by atoms with Gasteiger partial charge in [0.05, 0.1) is 0 Å². The van der Waals surface area contributed by atoms with Crippen molar-refractivity contribution in [3.05, 3.63) is 29.1 Å². The fourth-order valence-corrected chi connectivity index (χ4v) is 4.15. The lowest BCUT2D eigenvalue weighted by Crippen LogP contribution is -2.38. The lowest BCUT2D eigenvalue weighted by atomic mass is 9.82. The van der Waals surface area contributed by atoms with Crippen molar-refractivity contribution in [3.63, 3.8) is 0 Å². The fourth-order valence-electron chi connectivity index (χ4n) is 4.15. The number of fused-ring (bicyclic) bond motifs is 2. The molecule has 2 aliphatic heterocycles. The van der Waals surface area contributed by atoms with Crippen molar-refractivity contribution in [2.45, 2.75) is 31.7 Å². The molecule has 104 valence electrons. The first kappa shape index (κ1) is 13.2. The molecule has 0 amide bonds. The Kier molecular flexibility index (Phi) is 3.44. The molecule has 1 saturated carbocycles. The average molecular weight is 283 g/mol. The van der Waals surface area contributed by atoms with Crippen LogP contribution in [0.3, 0.4) is 0 Å². The molecule has 4 rings (SSSR count). The standard InChI is InChI=1S/C15H19FN2.ClH/c16-13-5-4-10-8-17-6-7-18-9-11-2-1-3-12(11)14(13)15(10)18;/h4-5,11-12,17H,1-3,6-9H2;1H. The molecule has 1 aromatic carbocycles. The molecule has 3 aliphatic rings. The van der Waals surface area contributed by atoms with Gasteiger partial charge < -0.3 is 10.2 Å². The molecule has 4 heteroatoms. The topological polar surface area (TPSA) is 15.3 Å². The van der Waals surface area contributed by atoms with Crippen LogP contribution in [0.25, 0.3) is 0 Å². The van der Waals surface area contributed by atoms with Crippen molar-refractivity contribution >= 4 is 18.1 Å². The Morgan fingerprint density at radius 2 is 2.16 bits per heavy atom. The van der Waals surface area contributed by atoms with Gasteiger partial charge >= 0.3 is 0 Å². The zero-order valence-electron chi connectivity index (χ0n) is 11.0. The fraction of sp³-hybridized carbons (Fsp3) is 0.600. The van der Waals surface area contributed by atoms with Crippen molar-refractivity contribution in [1.82, 2.24) is 5.32 Å². The zero-order valence-corrected chi connectivity index (χ0v) is 11.8. The van der Waals surface area contributed by atoms with Crippen LogP contribution < -0.4 is 10.2 Å². The Morgan fingerprint density at radius 1 is 1.26 bits per heavy atom. The molecule has 19 heavy (non-hydrogen) atoms. The number of nitrogens with zero attached hydrogens (tertiary/aromatic N) is 1. The van der Waals surface area contributed by atoms with Crippen molar-refractivity contribution in [2.75, 3.05) is 24.5 Å². The second kappa shape index (κ2) is 4.95. The third kappa shape index (κ3) is 1.95. The number of hydrogen-bond donors (Lipinski definition) is 1. The lowest BCUT2D eigenvalue weighted by molar-refractivity contribution is 0.436. The molecule has 2 unspecified atom stereocenters. The highest BCUT2D eigenvalue weighted by molar-refractivity contribution is 5.85. The van der Waals surface area contributed by atoms with Crippen molar-refractivity contribution in [2.24, 2.45) is 5.92 Å². The largest absolute Gasteiger partial charge is 0.369 e. The van der Waals surface area contributed by atoms with Gasteiger partial charge in [0.25, 0.3) is 0 Å². The van der Waals surface area contributed by atoms with Crippen LogP contribution in [-0.4, -0.2) is 19.6 Å². The van der Waals surface area contributed by atoms with E-state index >= 15 is 0 Å². The minimum absolute atomic E-state index is 0. The summed E-state index contributed by atoms with van der Waals surface area (Å²) in [5.41, 5.74) is 3.54. The van der Waals surface area contributed by atoms with E-state index in [4.69, 9.17) is 0 Å². The van der Waals surface area contributed by atoms with Crippen LogP contribution in [-0.2, 0) is 6.54 Å². The van der Waals surface area contributed by atoms with Crippen LogP contribution in [0.2, 0.25) is 0 Å². The van der Waals surface area contributed by atoms with Crippen LogP contribution in [0.1, 0.15) is 36.3 Å². The van der Waals surface area contributed by atoms with Crippen LogP contribution in [0.4, 0.5) is 10.1 Å². The van der Waals surface area contributed by atoms with Gasteiger partial charge in [-0.1, -0.05) is 12.5 Å². The molecule has 0 saturated heterocycles. The molecule has 0 spiro atoms. The van der Waals surface area contributed by atoms with E-state index in [9.17, 15) is 4.39 Å². The maximum atomic E-state index is 14.3. The third-order valence-electron chi connectivity index (χ3n) is 4.92. The predicted molar refractivity (Wildman–Crippen MR) is 77.6 cm³/mol. The van der Waals surface area contributed by atoms with Gasteiger partial charge in [-0.05, 0) is 36.3 Å². The van der Waals surface area contributed by atoms with Crippen molar-refractivity contribution < 1.29 is 4.39 Å². The second-order valence-corrected chi connectivity index (χ2v) is 5.89. The molecule has 0 radical (unpaired) electrons. The summed E-state index contributed by atoms with van der Waals surface area (Å²) in [7, 11) is 0. The van der Waals surface area contributed by atoms with E-state index in [1.807, 2.05) is 6.07 Å². The summed E-state index contributed by atoms with van der Waals surface area (Å²) >= 11 is 0. The Hall–Kier alpha value is -0.800. The summed E-state index contributed by atoms with van der Waals surface area (Å²) in [5, 5.41) is 3.44. The molecule has 2 heterocycles. The molecule has 0 bridgehead atoms. The molecule has 2 nitrogen and oxygen atoms in total. The van der Waals surface area contributed by atoms with Gasteiger partial charge in [-0.25, -0.2) is 4.39 Å². The van der Waals surface area contributed by atoms with E-state index in [0.29, 0.717) is 11.8 Å². The summed E-state index contributed by atoms with van der Waals surface area (Å²) in [6.07, 6.45) is 3.72. The summed E-state index contributed by atoms with van der Waals surface area (Å²) in [6, 6.07) is 3.65. The highest BCUT2D eigenvalue weighted by atomic mass is 35.5. The number of benzene rings is 1. The van der Waals surface area contributed by atoms with Crippen molar-refractivity contribution in [3.8, 4) is 0 Å². The summed E-state index contributed by atoms with van der Waals surface area (Å²) in [5.74, 6) is 1.19. The van der Waals surface area contributed by atoms with Crippen LogP contribution in [0.15, 0.2) is 12.1 Å². The smallest absolute Gasteiger partial charge is 0.128 e. The van der Waals surface area contributed by atoms with E-state index in [1.165, 1.54) is 30.5 Å². The average Bonchev–Trinajstić information content (AvgIpc) is 2.74. The third-order valence-corrected chi connectivity index (χ3v) is 4.92. The maximum Gasteiger partial charge on any atom is 0.128 e.